The van der Waals surface area contributed by atoms with Gasteiger partial charge < -0.3 is 14.2 Å². The minimum Gasteiger partial charge on any atom is -0.462 e. The fourth-order valence-corrected chi connectivity index (χ4v) is 8.23. The van der Waals surface area contributed by atoms with Crippen LogP contribution in [0.25, 0.3) is 0 Å². The van der Waals surface area contributed by atoms with Crippen LogP contribution in [0.15, 0.2) is 24.3 Å². The van der Waals surface area contributed by atoms with Gasteiger partial charge in [0.2, 0.25) is 0 Å². The maximum atomic E-state index is 12.8. The molecule has 0 aliphatic heterocycles. The Morgan fingerprint density at radius 1 is 0.317 bits per heavy atom. The van der Waals surface area contributed by atoms with E-state index in [2.05, 4.69) is 45.1 Å². The normalized spacial score (nSPS) is 12.1. The quantitative estimate of drug-likeness (QED) is 0.0262. The first-order valence-electron chi connectivity index (χ1n) is 27.8. The summed E-state index contributed by atoms with van der Waals surface area (Å²) in [6.45, 7) is 6.61. The monoisotopic (exact) mass is 887 g/mol. The molecular formula is C57H106O6. The van der Waals surface area contributed by atoms with E-state index in [0.29, 0.717) is 19.3 Å². The van der Waals surface area contributed by atoms with Crippen LogP contribution in [0.1, 0.15) is 303 Å². The molecule has 0 aromatic rings. The van der Waals surface area contributed by atoms with Gasteiger partial charge in [-0.3, -0.25) is 14.4 Å². The maximum Gasteiger partial charge on any atom is 0.306 e. The van der Waals surface area contributed by atoms with E-state index in [1.54, 1.807) is 0 Å². The number of hydrogen-bond acceptors (Lipinski definition) is 6. The molecule has 6 nitrogen and oxygen atoms in total. The van der Waals surface area contributed by atoms with Gasteiger partial charge in [-0.15, -0.1) is 0 Å². The van der Waals surface area contributed by atoms with E-state index in [-0.39, 0.29) is 31.1 Å². The maximum absolute atomic E-state index is 12.8. The Kier molecular flexibility index (Phi) is 50.8. The van der Waals surface area contributed by atoms with Crippen LogP contribution in [-0.2, 0) is 28.6 Å². The first-order chi connectivity index (χ1) is 31.0. The van der Waals surface area contributed by atoms with Gasteiger partial charge >= 0.3 is 17.9 Å². The van der Waals surface area contributed by atoms with Crippen molar-refractivity contribution in [2.45, 2.75) is 309 Å². The van der Waals surface area contributed by atoms with Crippen LogP contribution in [0.3, 0.4) is 0 Å². The van der Waals surface area contributed by atoms with Crippen molar-refractivity contribution in [2.24, 2.45) is 0 Å². The highest BCUT2D eigenvalue weighted by molar-refractivity contribution is 5.71. The van der Waals surface area contributed by atoms with E-state index in [4.69, 9.17) is 14.2 Å². The molecule has 370 valence electrons. The van der Waals surface area contributed by atoms with E-state index >= 15 is 0 Å². The van der Waals surface area contributed by atoms with Crippen molar-refractivity contribution in [3.63, 3.8) is 0 Å². The summed E-state index contributed by atoms with van der Waals surface area (Å²) in [4.78, 5) is 37.9. The minimum atomic E-state index is -0.772. The predicted octanol–water partition coefficient (Wildman–Crippen LogP) is 18.3. The molecule has 0 aliphatic carbocycles. The predicted molar refractivity (Wildman–Crippen MR) is 270 cm³/mol. The molecule has 1 atom stereocenters. The third-order valence-corrected chi connectivity index (χ3v) is 12.5. The Hall–Kier alpha value is -2.11. The molecule has 0 rings (SSSR count). The lowest BCUT2D eigenvalue weighted by Crippen LogP contribution is -2.30. The van der Waals surface area contributed by atoms with Gasteiger partial charge in [-0.2, -0.15) is 0 Å². The SMILES string of the molecule is CCCC/C=C\C/C=C\CCCCCCCC(=O)OC(COC(=O)CCCCCCCCCCC)COC(=O)CCCCCCCCCCCCCCCCCCCCCCCC. The van der Waals surface area contributed by atoms with E-state index in [9.17, 15) is 14.4 Å². The van der Waals surface area contributed by atoms with E-state index in [1.807, 2.05) is 0 Å². The molecule has 6 heteroatoms. The van der Waals surface area contributed by atoms with Gasteiger partial charge in [-0.25, -0.2) is 0 Å². The first-order valence-corrected chi connectivity index (χ1v) is 27.8. The van der Waals surface area contributed by atoms with Crippen molar-refractivity contribution in [1.29, 1.82) is 0 Å². The van der Waals surface area contributed by atoms with Crippen molar-refractivity contribution in [2.75, 3.05) is 13.2 Å². The number of carbonyl (C=O) groups is 3. The number of ether oxygens (including phenoxy) is 3. The fourth-order valence-electron chi connectivity index (χ4n) is 8.23. The molecule has 0 saturated heterocycles. The molecule has 0 bridgehead atoms. The summed E-state index contributed by atoms with van der Waals surface area (Å²) in [6.07, 6.45) is 60.4. The third kappa shape index (κ3) is 50.7. The highest BCUT2D eigenvalue weighted by Crippen LogP contribution is 2.17. The third-order valence-electron chi connectivity index (χ3n) is 12.5. The lowest BCUT2D eigenvalue weighted by molar-refractivity contribution is -0.167. The Labute approximate surface area is 392 Å². The van der Waals surface area contributed by atoms with Gasteiger partial charge in [0.1, 0.15) is 13.2 Å². The molecule has 63 heavy (non-hydrogen) atoms. The topological polar surface area (TPSA) is 78.9 Å². The van der Waals surface area contributed by atoms with Crippen LogP contribution < -0.4 is 0 Å². The standard InChI is InChI=1S/C57H106O6/c1-4-7-10-13-16-19-21-23-25-26-27-28-29-30-31-32-34-35-38-41-44-47-50-56(59)62-53-54(52-61-55(58)49-46-43-40-37-18-15-12-9-6-3)63-57(60)51-48-45-42-39-36-33-24-22-20-17-14-11-8-5-2/h14,17,22,24,54H,4-13,15-16,18-21,23,25-53H2,1-3H3/b17-14-,24-22-. The molecule has 0 N–H and O–H groups in total. The number of unbranched alkanes of at least 4 members (excludes halogenated alkanes) is 36. The smallest absolute Gasteiger partial charge is 0.306 e. The zero-order chi connectivity index (χ0) is 45.8. The molecule has 0 fully saturated rings. The second kappa shape index (κ2) is 52.5. The van der Waals surface area contributed by atoms with Crippen molar-refractivity contribution in [3.8, 4) is 0 Å². The van der Waals surface area contributed by atoms with Crippen LogP contribution >= 0.6 is 0 Å². The molecule has 0 aromatic carbocycles. The van der Waals surface area contributed by atoms with Crippen LogP contribution in [0.4, 0.5) is 0 Å². The highest BCUT2D eigenvalue weighted by Gasteiger charge is 2.19. The Morgan fingerprint density at radius 2 is 0.587 bits per heavy atom. The summed E-state index contributed by atoms with van der Waals surface area (Å²) in [5.74, 6) is -0.873. The lowest BCUT2D eigenvalue weighted by Gasteiger charge is -2.18. The first kappa shape index (κ1) is 60.9. The Morgan fingerprint density at radius 3 is 0.921 bits per heavy atom. The van der Waals surface area contributed by atoms with Gasteiger partial charge in [-0.05, 0) is 44.9 Å². The summed E-state index contributed by atoms with van der Waals surface area (Å²) < 4.78 is 16.8. The number of hydrogen-bond donors (Lipinski definition) is 0. The second-order valence-corrected chi connectivity index (χ2v) is 18.9. The summed E-state index contributed by atoms with van der Waals surface area (Å²) >= 11 is 0. The molecule has 0 aliphatic rings. The summed E-state index contributed by atoms with van der Waals surface area (Å²) in [7, 11) is 0. The molecule has 0 spiro atoms. The van der Waals surface area contributed by atoms with Crippen LogP contribution in [0, 0.1) is 0 Å². The lowest BCUT2D eigenvalue weighted by atomic mass is 10.0. The number of rotatable bonds is 51. The van der Waals surface area contributed by atoms with Gasteiger partial charge in [0.25, 0.3) is 0 Å². The molecule has 0 radical (unpaired) electrons. The van der Waals surface area contributed by atoms with E-state index < -0.39 is 6.10 Å². The molecule has 1 unspecified atom stereocenters. The van der Waals surface area contributed by atoms with Crippen molar-refractivity contribution >= 4 is 17.9 Å². The van der Waals surface area contributed by atoms with Crippen LogP contribution in [0.2, 0.25) is 0 Å². The average molecular weight is 887 g/mol. The minimum absolute atomic E-state index is 0.0722. The summed E-state index contributed by atoms with van der Waals surface area (Å²) in [6, 6.07) is 0. The zero-order valence-corrected chi connectivity index (χ0v) is 42.4. The molecular weight excluding hydrogens is 781 g/mol. The van der Waals surface area contributed by atoms with Gasteiger partial charge in [0.05, 0.1) is 0 Å². The van der Waals surface area contributed by atoms with Gasteiger partial charge in [-0.1, -0.05) is 263 Å². The van der Waals surface area contributed by atoms with Crippen molar-refractivity contribution in [1.82, 2.24) is 0 Å². The fraction of sp³-hybridized carbons (Fsp3) is 0.877. The number of carbonyl (C=O) groups excluding carboxylic acids is 3. The number of esters is 3. The Bertz CT molecular complexity index is 1020. The molecule has 0 aromatic heterocycles. The van der Waals surface area contributed by atoms with Gasteiger partial charge in [0, 0.05) is 19.3 Å². The zero-order valence-electron chi connectivity index (χ0n) is 42.4. The summed E-state index contributed by atoms with van der Waals surface area (Å²) in [5, 5.41) is 0. The van der Waals surface area contributed by atoms with Gasteiger partial charge in [0.15, 0.2) is 6.10 Å². The molecule has 0 saturated carbocycles. The largest absolute Gasteiger partial charge is 0.462 e. The molecule has 0 heterocycles. The van der Waals surface area contributed by atoms with Crippen molar-refractivity contribution in [3.05, 3.63) is 24.3 Å². The van der Waals surface area contributed by atoms with Crippen molar-refractivity contribution < 1.29 is 28.6 Å². The van der Waals surface area contributed by atoms with E-state index in [0.717, 1.165) is 83.5 Å². The van der Waals surface area contributed by atoms with E-state index in [1.165, 1.54) is 180 Å². The highest BCUT2D eigenvalue weighted by atomic mass is 16.6. The van der Waals surface area contributed by atoms with Crippen LogP contribution in [-0.4, -0.2) is 37.2 Å². The van der Waals surface area contributed by atoms with Crippen LogP contribution in [0.5, 0.6) is 0 Å². The molecule has 0 amide bonds. The number of allylic oxidation sites excluding steroid dienone is 4. The average Bonchev–Trinajstić information content (AvgIpc) is 3.28. The summed E-state index contributed by atoms with van der Waals surface area (Å²) in [5.41, 5.74) is 0. The second-order valence-electron chi connectivity index (χ2n) is 18.9. The Balaban J connectivity index is 4.19.